The quantitative estimate of drug-likeness (QED) is 0.674. The number of nitrogens with zero attached hydrogens (tertiary/aromatic N) is 1. The van der Waals surface area contributed by atoms with Gasteiger partial charge in [-0.25, -0.2) is 9.37 Å². The number of pyridine rings is 1. The van der Waals surface area contributed by atoms with Gasteiger partial charge in [0.05, 0.1) is 10.6 Å². The zero-order valence-corrected chi connectivity index (χ0v) is 12.7. The Morgan fingerprint density at radius 3 is 2.30 bits per heavy atom. The number of rotatable bonds is 4. The van der Waals surface area contributed by atoms with Crippen molar-refractivity contribution in [1.82, 2.24) is 10.3 Å². The summed E-state index contributed by atoms with van der Waals surface area (Å²) in [6.45, 7) is 0. The van der Waals surface area contributed by atoms with Gasteiger partial charge in [-0.15, -0.1) is 11.8 Å². The lowest BCUT2D eigenvalue weighted by molar-refractivity contribution is -0.155. The van der Waals surface area contributed by atoms with Crippen LogP contribution in [-0.2, 0) is 0 Å². The first-order valence-electron chi connectivity index (χ1n) is 6.44. The summed E-state index contributed by atoms with van der Waals surface area (Å²) < 4.78 is 52.4. The van der Waals surface area contributed by atoms with Gasteiger partial charge in [0, 0.05) is 6.20 Å². The maximum atomic E-state index is 13.2. The molecule has 0 aliphatic heterocycles. The first-order chi connectivity index (χ1) is 10.8. The zero-order chi connectivity index (χ0) is 17.0. The van der Waals surface area contributed by atoms with Crippen LogP contribution in [0.5, 0.6) is 0 Å². The second-order valence-corrected chi connectivity index (χ2v) is 5.42. The van der Waals surface area contributed by atoms with Crippen molar-refractivity contribution in [3.05, 3.63) is 59.5 Å². The molecule has 0 aliphatic carbocycles. The molecule has 0 saturated carbocycles. The van der Waals surface area contributed by atoms with Crippen LogP contribution in [0.25, 0.3) is 0 Å². The smallest absolute Gasteiger partial charge is 0.337 e. The number of amides is 1. The summed E-state index contributed by atoms with van der Waals surface area (Å²) >= 11 is 1.35. The Morgan fingerprint density at radius 1 is 1.17 bits per heavy atom. The summed E-state index contributed by atoms with van der Waals surface area (Å²) in [5.74, 6) is -1.56. The number of thioether (sulfide) groups is 1. The largest absolute Gasteiger partial charge is 0.412 e. The van der Waals surface area contributed by atoms with Crippen LogP contribution in [0.15, 0.2) is 47.6 Å². The molecule has 0 spiro atoms. The van der Waals surface area contributed by atoms with Gasteiger partial charge in [0.2, 0.25) is 0 Å². The van der Waals surface area contributed by atoms with Gasteiger partial charge in [0.1, 0.15) is 5.82 Å². The molecule has 2 rings (SSSR count). The van der Waals surface area contributed by atoms with E-state index < -0.39 is 23.9 Å². The van der Waals surface area contributed by atoms with E-state index in [9.17, 15) is 22.4 Å². The van der Waals surface area contributed by atoms with E-state index in [1.54, 1.807) is 12.3 Å². The zero-order valence-electron chi connectivity index (χ0n) is 11.9. The van der Waals surface area contributed by atoms with Crippen molar-refractivity contribution in [2.45, 2.75) is 17.2 Å². The topological polar surface area (TPSA) is 42.0 Å². The van der Waals surface area contributed by atoms with E-state index in [-0.39, 0.29) is 11.1 Å². The number of alkyl halides is 3. The highest BCUT2D eigenvalue weighted by Gasteiger charge is 2.42. The summed E-state index contributed by atoms with van der Waals surface area (Å²) in [7, 11) is 0. The van der Waals surface area contributed by atoms with Gasteiger partial charge < -0.3 is 5.32 Å². The molecule has 1 N–H and O–H groups in total. The van der Waals surface area contributed by atoms with E-state index >= 15 is 0 Å². The molecule has 122 valence electrons. The molecule has 1 unspecified atom stereocenters. The van der Waals surface area contributed by atoms with Crippen molar-refractivity contribution in [2.75, 3.05) is 6.26 Å². The molecule has 2 aromatic rings. The SMILES string of the molecule is CSc1ccc(C(=O)NC(c2ccc(F)cc2)C(F)(F)F)cn1. The molecule has 1 atom stereocenters. The highest BCUT2D eigenvalue weighted by atomic mass is 32.2. The molecule has 0 saturated heterocycles. The predicted molar refractivity (Wildman–Crippen MR) is 78.7 cm³/mol. The molecule has 1 aromatic heterocycles. The minimum atomic E-state index is -4.71. The fourth-order valence-electron chi connectivity index (χ4n) is 1.86. The lowest BCUT2D eigenvalue weighted by Crippen LogP contribution is -2.38. The summed E-state index contributed by atoms with van der Waals surface area (Å²) in [6.07, 6.45) is -1.71. The Kier molecular flexibility index (Phi) is 5.25. The third kappa shape index (κ3) is 4.44. The van der Waals surface area contributed by atoms with Gasteiger partial charge in [-0.05, 0) is 36.1 Å². The van der Waals surface area contributed by atoms with Crippen LogP contribution in [0.4, 0.5) is 17.6 Å². The first-order valence-corrected chi connectivity index (χ1v) is 7.67. The van der Waals surface area contributed by atoms with Crippen LogP contribution in [0.1, 0.15) is 22.0 Å². The van der Waals surface area contributed by atoms with Crippen LogP contribution >= 0.6 is 11.8 Å². The molecule has 0 bridgehead atoms. The standard InChI is InChI=1S/C15H12F4N2OS/c1-23-12-7-4-10(8-20-12)14(22)21-13(15(17,18)19)9-2-5-11(16)6-3-9/h2-8,13H,1H3,(H,21,22). The van der Waals surface area contributed by atoms with Crippen LogP contribution in [-0.4, -0.2) is 23.3 Å². The van der Waals surface area contributed by atoms with Crippen LogP contribution in [0.3, 0.4) is 0 Å². The molecule has 23 heavy (non-hydrogen) atoms. The summed E-state index contributed by atoms with van der Waals surface area (Å²) in [6, 6.07) is 4.51. The summed E-state index contributed by atoms with van der Waals surface area (Å²) in [4.78, 5) is 16.0. The number of hydrogen-bond donors (Lipinski definition) is 1. The summed E-state index contributed by atoms with van der Waals surface area (Å²) in [5.41, 5.74) is -0.236. The van der Waals surface area contributed by atoms with Crippen LogP contribution in [0.2, 0.25) is 0 Å². The normalized spacial score (nSPS) is 12.7. The molecule has 1 heterocycles. The molecular formula is C15H12F4N2OS. The maximum Gasteiger partial charge on any atom is 0.412 e. The minimum Gasteiger partial charge on any atom is -0.337 e. The van der Waals surface area contributed by atoms with Crippen molar-refractivity contribution in [3.63, 3.8) is 0 Å². The lowest BCUT2D eigenvalue weighted by atomic mass is 10.1. The average Bonchev–Trinajstić information content (AvgIpc) is 2.52. The fraction of sp³-hybridized carbons (Fsp3) is 0.200. The van der Waals surface area contributed by atoms with Crippen molar-refractivity contribution in [1.29, 1.82) is 0 Å². The highest BCUT2D eigenvalue weighted by molar-refractivity contribution is 7.98. The Labute approximate surface area is 134 Å². The van der Waals surface area contributed by atoms with E-state index in [0.29, 0.717) is 5.03 Å². The molecule has 0 fully saturated rings. The molecule has 0 aliphatic rings. The summed E-state index contributed by atoms with van der Waals surface area (Å²) in [5, 5.41) is 2.56. The highest BCUT2D eigenvalue weighted by Crippen LogP contribution is 2.33. The molecule has 1 aromatic carbocycles. The molecule has 3 nitrogen and oxygen atoms in total. The number of carbonyl (C=O) groups is 1. The van der Waals surface area contributed by atoms with Crippen molar-refractivity contribution in [3.8, 4) is 0 Å². The van der Waals surface area contributed by atoms with Gasteiger partial charge >= 0.3 is 6.18 Å². The van der Waals surface area contributed by atoms with Gasteiger partial charge in [0.15, 0.2) is 6.04 Å². The van der Waals surface area contributed by atoms with E-state index in [0.717, 1.165) is 24.3 Å². The van der Waals surface area contributed by atoms with Crippen LogP contribution in [0, 0.1) is 5.82 Å². The average molecular weight is 344 g/mol. The molecule has 0 radical (unpaired) electrons. The minimum absolute atomic E-state index is 0.0131. The Bertz CT molecular complexity index is 671. The third-order valence-electron chi connectivity index (χ3n) is 3.01. The van der Waals surface area contributed by atoms with Gasteiger partial charge in [0.25, 0.3) is 5.91 Å². The van der Waals surface area contributed by atoms with Gasteiger partial charge in [-0.3, -0.25) is 4.79 Å². The fourth-order valence-corrected chi connectivity index (χ4v) is 2.22. The van der Waals surface area contributed by atoms with E-state index in [4.69, 9.17) is 0 Å². The predicted octanol–water partition coefficient (Wildman–Crippen LogP) is 3.98. The molecule has 1 amide bonds. The lowest BCUT2D eigenvalue weighted by Gasteiger charge is -2.22. The number of aromatic nitrogens is 1. The Morgan fingerprint density at radius 2 is 1.83 bits per heavy atom. The molecule has 8 heteroatoms. The third-order valence-corrected chi connectivity index (χ3v) is 3.67. The first kappa shape index (κ1) is 17.3. The second kappa shape index (κ2) is 6.99. The van der Waals surface area contributed by atoms with Gasteiger partial charge in [-0.2, -0.15) is 13.2 Å². The van der Waals surface area contributed by atoms with E-state index in [1.807, 2.05) is 5.32 Å². The van der Waals surface area contributed by atoms with E-state index in [2.05, 4.69) is 4.98 Å². The number of halogens is 4. The second-order valence-electron chi connectivity index (χ2n) is 4.59. The number of benzene rings is 1. The Hall–Kier alpha value is -2.09. The number of carbonyl (C=O) groups excluding carboxylic acids is 1. The van der Waals surface area contributed by atoms with E-state index in [1.165, 1.54) is 24.0 Å². The van der Waals surface area contributed by atoms with Crippen molar-refractivity contribution >= 4 is 17.7 Å². The number of nitrogens with one attached hydrogen (secondary N) is 1. The number of hydrogen-bond acceptors (Lipinski definition) is 3. The monoisotopic (exact) mass is 344 g/mol. The van der Waals surface area contributed by atoms with Crippen molar-refractivity contribution < 1.29 is 22.4 Å². The van der Waals surface area contributed by atoms with Gasteiger partial charge in [-0.1, -0.05) is 12.1 Å². The van der Waals surface area contributed by atoms with Crippen molar-refractivity contribution in [2.24, 2.45) is 0 Å². The maximum absolute atomic E-state index is 13.2. The van der Waals surface area contributed by atoms with Crippen LogP contribution < -0.4 is 5.32 Å². The Balaban J connectivity index is 2.23. The molecular weight excluding hydrogens is 332 g/mol.